The number of amides is 1. The predicted octanol–water partition coefficient (Wildman–Crippen LogP) is 4.45. The van der Waals surface area contributed by atoms with Crippen molar-refractivity contribution in [1.29, 1.82) is 0 Å². The zero-order valence-electron chi connectivity index (χ0n) is 15.5. The van der Waals surface area contributed by atoms with Crippen LogP contribution in [0, 0.1) is 0 Å². The molecule has 3 aromatic rings. The van der Waals surface area contributed by atoms with Crippen LogP contribution in [0.4, 0.5) is 0 Å². The van der Waals surface area contributed by atoms with Crippen LogP contribution in [0.1, 0.15) is 36.5 Å². The summed E-state index contributed by atoms with van der Waals surface area (Å²) in [5.74, 6) is -0.111. The second kappa shape index (κ2) is 5.80. The summed E-state index contributed by atoms with van der Waals surface area (Å²) >= 11 is 0. The van der Waals surface area contributed by atoms with Gasteiger partial charge in [-0.25, -0.2) is 5.01 Å². The van der Waals surface area contributed by atoms with Crippen molar-refractivity contribution in [1.82, 2.24) is 10.4 Å². The Labute approximate surface area is 159 Å². The third-order valence-corrected chi connectivity index (χ3v) is 6.24. The smallest absolute Gasteiger partial charge is 0.243 e. The van der Waals surface area contributed by atoms with Crippen molar-refractivity contribution in [2.75, 3.05) is 0 Å². The first kappa shape index (κ1) is 16.3. The maximum absolute atomic E-state index is 13.0. The maximum Gasteiger partial charge on any atom is 0.243 e. The van der Waals surface area contributed by atoms with Gasteiger partial charge in [0.25, 0.3) is 0 Å². The number of carbonyl (C=O) groups is 1. The third kappa shape index (κ3) is 2.15. The highest BCUT2D eigenvalue weighted by molar-refractivity contribution is 5.87. The highest BCUT2D eigenvalue weighted by Gasteiger charge is 2.52. The van der Waals surface area contributed by atoms with Gasteiger partial charge in [-0.05, 0) is 41.7 Å². The van der Waals surface area contributed by atoms with E-state index in [1.165, 1.54) is 22.3 Å². The van der Waals surface area contributed by atoms with Gasteiger partial charge in [0.05, 0.1) is 11.5 Å². The molecule has 1 heterocycles. The highest BCUT2D eigenvalue weighted by atomic mass is 16.2. The van der Waals surface area contributed by atoms with Crippen LogP contribution in [0.25, 0.3) is 11.1 Å². The van der Waals surface area contributed by atoms with Gasteiger partial charge in [-0.1, -0.05) is 78.9 Å². The van der Waals surface area contributed by atoms with Gasteiger partial charge in [0, 0.05) is 6.04 Å². The van der Waals surface area contributed by atoms with Crippen molar-refractivity contribution < 1.29 is 4.79 Å². The van der Waals surface area contributed by atoms with Gasteiger partial charge in [-0.15, -0.1) is 0 Å². The number of benzene rings is 3. The molecule has 134 valence electrons. The molecule has 3 heteroatoms. The molecule has 2 aliphatic rings. The van der Waals surface area contributed by atoms with E-state index < -0.39 is 5.54 Å². The van der Waals surface area contributed by atoms with Gasteiger partial charge in [-0.3, -0.25) is 10.2 Å². The molecule has 1 aliphatic heterocycles. The monoisotopic (exact) mass is 354 g/mol. The molecule has 27 heavy (non-hydrogen) atoms. The molecule has 5 rings (SSSR count). The van der Waals surface area contributed by atoms with Crippen LogP contribution < -0.4 is 5.43 Å². The van der Waals surface area contributed by atoms with Crippen LogP contribution in [0.2, 0.25) is 0 Å². The van der Waals surface area contributed by atoms with E-state index in [2.05, 4.69) is 72.8 Å². The Bertz CT molecular complexity index is 982. The summed E-state index contributed by atoms with van der Waals surface area (Å²) in [5, 5.41) is 2.16. The molecular formula is C24H22N2O. The summed E-state index contributed by atoms with van der Waals surface area (Å²) in [6.45, 7) is 4.37. The van der Waals surface area contributed by atoms with Gasteiger partial charge in [0.2, 0.25) is 5.91 Å². The van der Waals surface area contributed by atoms with E-state index in [9.17, 15) is 4.79 Å². The van der Waals surface area contributed by atoms with Crippen molar-refractivity contribution in [3.63, 3.8) is 0 Å². The molecule has 1 amide bonds. The summed E-state index contributed by atoms with van der Waals surface area (Å²) in [4.78, 5) is 13.0. The summed E-state index contributed by atoms with van der Waals surface area (Å²) in [6, 6.07) is 27.2. The molecule has 0 unspecified atom stereocenters. The Balaban J connectivity index is 1.66. The molecule has 3 aromatic carbocycles. The first-order valence-electron chi connectivity index (χ1n) is 9.46. The molecule has 1 aliphatic carbocycles. The molecule has 1 saturated heterocycles. The fraction of sp³-hybridized carbons (Fsp3) is 0.208. The number of hydrogen-bond donors (Lipinski definition) is 1. The lowest BCUT2D eigenvalue weighted by atomic mass is 9.85. The molecule has 2 atom stereocenters. The van der Waals surface area contributed by atoms with Gasteiger partial charge in [-0.2, -0.15) is 0 Å². The number of hydrogen-bond acceptors (Lipinski definition) is 2. The Morgan fingerprint density at radius 1 is 0.815 bits per heavy atom. The standard InChI is InChI=1S/C24H22N2O/c1-16-22(17-10-4-3-5-11-17)23(27)25-26(16)24(2)20-14-8-6-12-18(20)19-13-7-9-15-21(19)24/h3-16,22H,1-2H3,(H,25,27)/t16-,22+/m1/s1. The van der Waals surface area contributed by atoms with Gasteiger partial charge in [0.1, 0.15) is 0 Å². The van der Waals surface area contributed by atoms with E-state index in [1.54, 1.807) is 0 Å². The number of fused-ring (bicyclic) bond motifs is 3. The third-order valence-electron chi connectivity index (χ3n) is 6.24. The first-order chi connectivity index (χ1) is 13.1. The van der Waals surface area contributed by atoms with E-state index >= 15 is 0 Å². The van der Waals surface area contributed by atoms with E-state index in [0.29, 0.717) is 0 Å². The van der Waals surface area contributed by atoms with Crippen molar-refractivity contribution in [2.45, 2.75) is 31.3 Å². The Hall–Kier alpha value is -2.91. The second-order valence-corrected chi connectivity index (χ2v) is 7.64. The maximum atomic E-state index is 13.0. The van der Waals surface area contributed by atoms with E-state index in [0.717, 1.165) is 5.56 Å². The molecule has 0 bridgehead atoms. The van der Waals surface area contributed by atoms with Crippen LogP contribution >= 0.6 is 0 Å². The zero-order valence-corrected chi connectivity index (χ0v) is 15.5. The van der Waals surface area contributed by atoms with Crippen LogP contribution in [-0.4, -0.2) is 17.0 Å². The van der Waals surface area contributed by atoms with Crippen LogP contribution in [0.5, 0.6) is 0 Å². The van der Waals surface area contributed by atoms with Crippen molar-refractivity contribution in [2.24, 2.45) is 0 Å². The van der Waals surface area contributed by atoms with Gasteiger partial charge < -0.3 is 0 Å². The lowest BCUT2D eigenvalue weighted by Gasteiger charge is -2.40. The fourth-order valence-electron chi connectivity index (χ4n) is 4.96. The molecule has 1 fully saturated rings. The van der Waals surface area contributed by atoms with E-state index in [-0.39, 0.29) is 17.9 Å². The van der Waals surface area contributed by atoms with Crippen LogP contribution in [0.3, 0.4) is 0 Å². The molecule has 0 saturated carbocycles. The summed E-state index contributed by atoms with van der Waals surface area (Å²) in [6.07, 6.45) is 0. The largest absolute Gasteiger partial charge is 0.287 e. The Morgan fingerprint density at radius 2 is 1.33 bits per heavy atom. The van der Waals surface area contributed by atoms with Crippen molar-refractivity contribution >= 4 is 5.91 Å². The van der Waals surface area contributed by atoms with Crippen LogP contribution in [-0.2, 0) is 10.3 Å². The number of hydrazine groups is 1. The molecule has 0 radical (unpaired) electrons. The molecule has 3 nitrogen and oxygen atoms in total. The Kier molecular flexibility index (Phi) is 3.49. The minimum Gasteiger partial charge on any atom is -0.287 e. The van der Waals surface area contributed by atoms with Crippen LogP contribution in [0.15, 0.2) is 78.9 Å². The molecule has 0 spiro atoms. The fourth-order valence-corrected chi connectivity index (χ4v) is 4.96. The molecular weight excluding hydrogens is 332 g/mol. The lowest BCUT2D eigenvalue weighted by Crippen LogP contribution is -2.51. The second-order valence-electron chi connectivity index (χ2n) is 7.64. The number of nitrogens with zero attached hydrogens (tertiary/aromatic N) is 1. The predicted molar refractivity (Wildman–Crippen MR) is 107 cm³/mol. The van der Waals surface area contributed by atoms with Gasteiger partial charge in [0.15, 0.2) is 0 Å². The summed E-state index contributed by atoms with van der Waals surface area (Å²) in [5.41, 5.74) is 8.86. The minimum atomic E-state index is -0.397. The van der Waals surface area contributed by atoms with E-state index in [4.69, 9.17) is 0 Å². The zero-order chi connectivity index (χ0) is 18.6. The highest BCUT2D eigenvalue weighted by Crippen LogP contribution is 2.52. The molecule has 1 N–H and O–H groups in total. The summed E-state index contributed by atoms with van der Waals surface area (Å²) in [7, 11) is 0. The number of nitrogens with one attached hydrogen (secondary N) is 1. The molecule has 0 aromatic heterocycles. The normalized spacial score (nSPS) is 23.0. The minimum absolute atomic E-state index is 0.0316. The van der Waals surface area contributed by atoms with Gasteiger partial charge >= 0.3 is 0 Å². The lowest BCUT2D eigenvalue weighted by molar-refractivity contribution is -0.123. The van der Waals surface area contributed by atoms with Crippen molar-refractivity contribution in [3.8, 4) is 11.1 Å². The summed E-state index contributed by atoms with van der Waals surface area (Å²) < 4.78 is 0. The average molecular weight is 354 g/mol. The topological polar surface area (TPSA) is 32.3 Å². The quantitative estimate of drug-likeness (QED) is 0.737. The average Bonchev–Trinajstić information content (AvgIpc) is 3.16. The first-order valence-corrected chi connectivity index (χ1v) is 9.46. The number of carbonyl (C=O) groups excluding carboxylic acids is 1. The SMILES string of the molecule is C[C@@H]1[C@@H](c2ccccc2)C(=O)NN1C1(C)c2ccccc2-c2ccccc21. The van der Waals surface area contributed by atoms with Crippen molar-refractivity contribution in [3.05, 3.63) is 95.6 Å². The number of rotatable bonds is 2. The Morgan fingerprint density at radius 3 is 1.93 bits per heavy atom. The van der Waals surface area contributed by atoms with E-state index in [1.807, 2.05) is 30.3 Å².